The lowest BCUT2D eigenvalue weighted by atomic mass is 10.1. The summed E-state index contributed by atoms with van der Waals surface area (Å²) in [4.78, 5) is 11.3. The fraction of sp³-hybridized carbons (Fsp3) is 0.357. The van der Waals surface area contributed by atoms with Gasteiger partial charge in [0.1, 0.15) is 0 Å². The van der Waals surface area contributed by atoms with Gasteiger partial charge in [0.15, 0.2) is 0 Å². The third-order valence-corrected chi connectivity index (χ3v) is 3.82. The Kier molecular flexibility index (Phi) is 6.47. The van der Waals surface area contributed by atoms with Gasteiger partial charge < -0.3 is 4.74 Å². The molecule has 0 radical (unpaired) electrons. The minimum atomic E-state index is -3.37. The number of methoxy groups -OCH3 is 1. The lowest BCUT2D eigenvalue weighted by Crippen LogP contribution is -2.00. The van der Waals surface area contributed by atoms with E-state index in [-0.39, 0.29) is 13.2 Å². The van der Waals surface area contributed by atoms with Crippen LogP contribution >= 0.6 is 7.60 Å². The zero-order valence-corrected chi connectivity index (χ0v) is 12.6. The molecule has 0 heterocycles. The number of carbonyl (C=O) groups is 1. The zero-order chi connectivity index (χ0) is 15.0. The van der Waals surface area contributed by atoms with Gasteiger partial charge in [-0.15, -0.1) is 0 Å². The first-order valence-electron chi connectivity index (χ1n) is 6.15. The lowest BCUT2D eigenvalue weighted by molar-refractivity contribution is 0.0600. The molecule has 0 saturated carbocycles. The van der Waals surface area contributed by atoms with E-state index in [1.54, 1.807) is 38.1 Å². The highest BCUT2D eigenvalue weighted by Gasteiger charge is 2.19. The van der Waals surface area contributed by atoms with Crippen molar-refractivity contribution in [2.24, 2.45) is 0 Å². The van der Waals surface area contributed by atoms with E-state index in [4.69, 9.17) is 9.05 Å². The monoisotopic (exact) mass is 296 g/mol. The van der Waals surface area contributed by atoms with Crippen LogP contribution in [0.2, 0.25) is 0 Å². The molecule has 0 spiro atoms. The smallest absolute Gasteiger partial charge is 0.405 e. The minimum Gasteiger partial charge on any atom is -0.465 e. The van der Waals surface area contributed by atoms with Gasteiger partial charge in [0.05, 0.1) is 25.9 Å². The maximum absolute atomic E-state index is 12.1. The molecule has 0 fully saturated rings. The third kappa shape index (κ3) is 4.82. The molecule has 5 nitrogen and oxygen atoms in total. The van der Waals surface area contributed by atoms with E-state index in [9.17, 15) is 9.36 Å². The Labute approximate surface area is 118 Å². The summed E-state index contributed by atoms with van der Waals surface area (Å²) in [6.07, 6.45) is 0. The number of ether oxygens (including phenoxy) is 1. The second-order valence-corrected chi connectivity index (χ2v) is 5.37. The van der Waals surface area contributed by atoms with Crippen LogP contribution in [0.4, 0.5) is 0 Å². The summed E-state index contributed by atoms with van der Waals surface area (Å²) in [5.74, 6) is 2.31. The van der Waals surface area contributed by atoms with Crippen LogP contribution in [-0.4, -0.2) is 26.3 Å². The standard InChI is InChI=1S/C14H17O5P/c1-4-18-20(16,19-5-2)11-10-12-6-8-13(9-7-12)14(15)17-3/h6-9H,4-5H2,1-3H3. The maximum atomic E-state index is 12.1. The third-order valence-electron chi connectivity index (χ3n) is 2.24. The summed E-state index contributed by atoms with van der Waals surface area (Å²) >= 11 is 0. The summed E-state index contributed by atoms with van der Waals surface area (Å²) in [6, 6.07) is 6.45. The van der Waals surface area contributed by atoms with E-state index >= 15 is 0 Å². The van der Waals surface area contributed by atoms with Gasteiger partial charge in [0.25, 0.3) is 0 Å². The summed E-state index contributed by atoms with van der Waals surface area (Å²) in [5, 5.41) is 0. The summed E-state index contributed by atoms with van der Waals surface area (Å²) < 4.78 is 26.8. The Bertz CT molecular complexity index is 543. The quantitative estimate of drug-likeness (QED) is 0.475. The average Bonchev–Trinajstić information content (AvgIpc) is 2.45. The number of hydrogen-bond acceptors (Lipinski definition) is 5. The topological polar surface area (TPSA) is 61.8 Å². The molecule has 0 bridgehead atoms. The molecule has 0 aromatic heterocycles. The predicted octanol–water partition coefficient (Wildman–Crippen LogP) is 3.05. The highest BCUT2D eigenvalue weighted by atomic mass is 31.2. The molecule has 0 aliphatic carbocycles. The van der Waals surface area contributed by atoms with Crippen LogP contribution in [0, 0.1) is 11.6 Å². The first-order valence-corrected chi connectivity index (χ1v) is 7.69. The molecule has 1 rings (SSSR count). The molecule has 0 saturated heterocycles. The van der Waals surface area contributed by atoms with Crippen molar-refractivity contribution in [1.82, 2.24) is 0 Å². The first kappa shape index (κ1) is 16.5. The van der Waals surface area contributed by atoms with Crippen LogP contribution in [0.3, 0.4) is 0 Å². The Morgan fingerprint density at radius 1 is 1.15 bits per heavy atom. The first-order chi connectivity index (χ1) is 9.54. The van der Waals surface area contributed by atoms with Gasteiger partial charge in [-0.25, -0.2) is 9.36 Å². The van der Waals surface area contributed by atoms with Gasteiger partial charge in [-0.2, -0.15) is 0 Å². The fourth-order valence-corrected chi connectivity index (χ4v) is 2.53. The number of rotatable bonds is 5. The van der Waals surface area contributed by atoms with Gasteiger partial charge in [-0.05, 0) is 38.1 Å². The normalized spacial score (nSPS) is 10.6. The lowest BCUT2D eigenvalue weighted by Gasteiger charge is -2.09. The number of carbonyl (C=O) groups excluding carboxylic acids is 1. The molecular formula is C14H17O5P. The van der Waals surface area contributed by atoms with E-state index in [2.05, 4.69) is 16.3 Å². The largest absolute Gasteiger partial charge is 0.465 e. The molecule has 0 amide bonds. The molecule has 0 N–H and O–H groups in total. The van der Waals surface area contributed by atoms with Crippen LogP contribution in [-0.2, 0) is 18.3 Å². The van der Waals surface area contributed by atoms with Crippen LogP contribution in [0.15, 0.2) is 24.3 Å². The van der Waals surface area contributed by atoms with Crippen molar-refractivity contribution in [2.75, 3.05) is 20.3 Å². The molecule has 1 aromatic rings. The van der Waals surface area contributed by atoms with Crippen LogP contribution in [0.25, 0.3) is 0 Å². The van der Waals surface area contributed by atoms with Gasteiger partial charge in [0.2, 0.25) is 0 Å². The molecule has 1 aromatic carbocycles. The molecule has 0 unspecified atom stereocenters. The Morgan fingerprint density at radius 2 is 1.70 bits per heavy atom. The SMILES string of the molecule is CCOP(=O)(C#Cc1ccc(C(=O)OC)cc1)OCC. The fourth-order valence-electron chi connectivity index (χ4n) is 1.38. The van der Waals surface area contributed by atoms with Crippen molar-refractivity contribution in [3.05, 3.63) is 35.4 Å². The summed E-state index contributed by atoms with van der Waals surface area (Å²) in [5.41, 5.74) is 3.56. The molecule has 0 aliphatic heterocycles. The van der Waals surface area contributed by atoms with Gasteiger partial charge >= 0.3 is 13.6 Å². The van der Waals surface area contributed by atoms with Crippen molar-refractivity contribution in [3.63, 3.8) is 0 Å². The molecule has 0 aliphatic rings. The second-order valence-electron chi connectivity index (χ2n) is 3.64. The molecule has 20 heavy (non-hydrogen) atoms. The van der Waals surface area contributed by atoms with E-state index in [0.29, 0.717) is 11.1 Å². The van der Waals surface area contributed by atoms with Crippen molar-refractivity contribution in [3.8, 4) is 11.6 Å². The minimum absolute atomic E-state index is 0.257. The van der Waals surface area contributed by atoms with Crippen LogP contribution < -0.4 is 0 Å². The molecular weight excluding hydrogens is 279 g/mol. The highest BCUT2D eigenvalue weighted by Crippen LogP contribution is 2.46. The molecule has 108 valence electrons. The second kappa shape index (κ2) is 7.86. The Morgan fingerprint density at radius 3 is 2.15 bits per heavy atom. The molecule has 0 atom stereocenters. The van der Waals surface area contributed by atoms with Crippen molar-refractivity contribution in [2.45, 2.75) is 13.8 Å². The Balaban J connectivity index is 2.90. The molecule has 6 heteroatoms. The van der Waals surface area contributed by atoms with E-state index < -0.39 is 13.6 Å². The predicted molar refractivity (Wildman–Crippen MR) is 75.5 cm³/mol. The van der Waals surface area contributed by atoms with Crippen LogP contribution in [0.1, 0.15) is 29.8 Å². The van der Waals surface area contributed by atoms with E-state index in [1.165, 1.54) is 7.11 Å². The van der Waals surface area contributed by atoms with Crippen LogP contribution in [0.5, 0.6) is 0 Å². The average molecular weight is 296 g/mol. The number of hydrogen-bond donors (Lipinski definition) is 0. The number of esters is 1. The van der Waals surface area contributed by atoms with E-state index in [0.717, 1.165) is 0 Å². The van der Waals surface area contributed by atoms with Gasteiger partial charge in [0, 0.05) is 11.2 Å². The number of benzene rings is 1. The van der Waals surface area contributed by atoms with Crippen molar-refractivity contribution >= 4 is 13.6 Å². The van der Waals surface area contributed by atoms with E-state index in [1.807, 2.05) is 0 Å². The zero-order valence-electron chi connectivity index (χ0n) is 11.7. The van der Waals surface area contributed by atoms with Gasteiger partial charge in [-0.1, -0.05) is 5.92 Å². The van der Waals surface area contributed by atoms with Crippen molar-refractivity contribution in [1.29, 1.82) is 0 Å². The Hall–Kier alpha value is -1.60. The van der Waals surface area contributed by atoms with Crippen molar-refractivity contribution < 1.29 is 23.1 Å². The van der Waals surface area contributed by atoms with Gasteiger partial charge in [-0.3, -0.25) is 9.05 Å². The highest BCUT2D eigenvalue weighted by molar-refractivity contribution is 7.59. The summed E-state index contributed by atoms with van der Waals surface area (Å²) in [6.45, 7) is 3.96. The maximum Gasteiger partial charge on any atom is 0.405 e. The summed E-state index contributed by atoms with van der Waals surface area (Å²) in [7, 11) is -2.06.